The van der Waals surface area contributed by atoms with Crippen LogP contribution in [-0.4, -0.2) is 59.5 Å². The van der Waals surface area contributed by atoms with Gasteiger partial charge in [0.05, 0.1) is 29.6 Å². The summed E-state index contributed by atoms with van der Waals surface area (Å²) in [6.45, 7) is 4.93. The molecule has 4 rings (SSSR count). The molecule has 0 bridgehead atoms. The fraction of sp³-hybridized carbons (Fsp3) is 0.360. The summed E-state index contributed by atoms with van der Waals surface area (Å²) in [7, 11) is 1.59. The van der Waals surface area contributed by atoms with E-state index in [1.807, 2.05) is 29.2 Å². The topological polar surface area (TPSA) is 70.8 Å². The summed E-state index contributed by atoms with van der Waals surface area (Å²) in [6, 6.07) is 13.4. The number of nitrogens with zero attached hydrogens (tertiary/aromatic N) is 4. The zero-order valence-electron chi connectivity index (χ0n) is 18.9. The lowest BCUT2D eigenvalue weighted by Crippen LogP contribution is -2.49. The van der Waals surface area contributed by atoms with Gasteiger partial charge in [0, 0.05) is 51.7 Å². The highest BCUT2D eigenvalue weighted by molar-refractivity contribution is 5.48. The molecule has 1 aromatic carbocycles. The van der Waals surface area contributed by atoms with Gasteiger partial charge in [0.2, 0.25) is 0 Å². The van der Waals surface area contributed by atoms with Crippen molar-refractivity contribution < 1.29 is 14.2 Å². The fourth-order valence-corrected chi connectivity index (χ4v) is 4.47. The molecular formula is C25H29FN4O3. The van der Waals surface area contributed by atoms with E-state index in [4.69, 9.17) is 4.74 Å². The number of halogens is 1. The van der Waals surface area contributed by atoms with Gasteiger partial charge in [-0.3, -0.25) is 14.7 Å². The standard InChI is InChI=1S/C25H29FN4O3/c1-18-17-22(31)23(25(32)30(18)15-16-33-2)24(20-8-5-6-10-27-20)29-13-11-28(12-14-29)21-9-4-3-7-19(21)26/h3-10,17,24,31H,11-16H2,1-2H3/t24-/m0/s1. The second kappa shape index (κ2) is 10.1. The molecule has 1 atom stereocenters. The van der Waals surface area contributed by atoms with Gasteiger partial charge in [-0.05, 0) is 37.3 Å². The van der Waals surface area contributed by atoms with Crippen LogP contribution in [0.2, 0.25) is 0 Å². The van der Waals surface area contributed by atoms with Crippen LogP contribution >= 0.6 is 0 Å². The van der Waals surface area contributed by atoms with E-state index < -0.39 is 6.04 Å². The number of hydrogen-bond donors (Lipinski definition) is 1. The molecule has 0 unspecified atom stereocenters. The Morgan fingerprint density at radius 3 is 2.52 bits per heavy atom. The normalized spacial score (nSPS) is 15.5. The Morgan fingerprint density at radius 2 is 1.85 bits per heavy atom. The molecule has 1 fully saturated rings. The monoisotopic (exact) mass is 452 g/mol. The first kappa shape index (κ1) is 22.9. The van der Waals surface area contributed by atoms with Crippen LogP contribution in [0, 0.1) is 12.7 Å². The number of rotatable bonds is 7. The van der Waals surface area contributed by atoms with Crippen LogP contribution in [0.25, 0.3) is 0 Å². The molecule has 1 saturated heterocycles. The highest BCUT2D eigenvalue weighted by atomic mass is 19.1. The number of para-hydroxylation sites is 1. The van der Waals surface area contributed by atoms with Gasteiger partial charge in [0.25, 0.3) is 5.56 Å². The van der Waals surface area contributed by atoms with Gasteiger partial charge in [-0.1, -0.05) is 18.2 Å². The highest BCUT2D eigenvalue weighted by Crippen LogP contribution is 2.33. The van der Waals surface area contributed by atoms with Gasteiger partial charge in [-0.2, -0.15) is 0 Å². The van der Waals surface area contributed by atoms with Gasteiger partial charge in [-0.25, -0.2) is 4.39 Å². The Kier molecular flexibility index (Phi) is 7.05. The van der Waals surface area contributed by atoms with Crippen molar-refractivity contribution in [1.29, 1.82) is 0 Å². The predicted molar refractivity (Wildman–Crippen MR) is 125 cm³/mol. The summed E-state index contributed by atoms with van der Waals surface area (Å²) in [5.41, 5.74) is 1.98. The Labute approximate surface area is 192 Å². The molecule has 1 N–H and O–H groups in total. The molecule has 0 aliphatic carbocycles. The Morgan fingerprint density at radius 1 is 1.12 bits per heavy atom. The van der Waals surface area contributed by atoms with Crippen LogP contribution in [0.3, 0.4) is 0 Å². The predicted octanol–water partition coefficient (Wildman–Crippen LogP) is 2.95. The van der Waals surface area contributed by atoms with Crippen molar-refractivity contribution >= 4 is 5.69 Å². The summed E-state index contributed by atoms with van der Waals surface area (Å²) in [5, 5.41) is 10.9. The number of methoxy groups -OCH3 is 1. The largest absolute Gasteiger partial charge is 0.507 e. The van der Waals surface area contributed by atoms with Gasteiger partial charge in [0.15, 0.2) is 0 Å². The number of ether oxygens (including phenoxy) is 1. The average molecular weight is 453 g/mol. The minimum Gasteiger partial charge on any atom is -0.507 e. The summed E-state index contributed by atoms with van der Waals surface area (Å²) in [4.78, 5) is 22.2. The third kappa shape index (κ3) is 4.77. The van der Waals surface area contributed by atoms with Gasteiger partial charge in [0.1, 0.15) is 11.6 Å². The number of piperazine rings is 1. The smallest absolute Gasteiger partial charge is 0.259 e. The van der Waals surface area contributed by atoms with Crippen LogP contribution in [0.1, 0.15) is 23.0 Å². The number of aromatic hydroxyl groups is 1. The number of aryl methyl sites for hydroxylation is 1. The van der Waals surface area contributed by atoms with E-state index in [2.05, 4.69) is 9.88 Å². The summed E-state index contributed by atoms with van der Waals surface area (Å²) in [5.74, 6) is -0.289. The van der Waals surface area contributed by atoms with Gasteiger partial charge >= 0.3 is 0 Å². The molecule has 1 aliphatic rings. The van der Waals surface area contributed by atoms with Crippen molar-refractivity contribution in [1.82, 2.24) is 14.5 Å². The number of aromatic nitrogens is 2. The number of benzene rings is 1. The van der Waals surface area contributed by atoms with Crippen molar-refractivity contribution in [3.8, 4) is 5.75 Å². The zero-order chi connectivity index (χ0) is 23.4. The second-order valence-corrected chi connectivity index (χ2v) is 8.17. The lowest BCUT2D eigenvalue weighted by molar-refractivity contribution is 0.183. The van der Waals surface area contributed by atoms with Crippen molar-refractivity contribution in [3.05, 3.63) is 87.9 Å². The van der Waals surface area contributed by atoms with E-state index in [-0.39, 0.29) is 17.1 Å². The van der Waals surface area contributed by atoms with E-state index in [9.17, 15) is 14.3 Å². The first-order valence-corrected chi connectivity index (χ1v) is 11.1. The van der Waals surface area contributed by atoms with Crippen LogP contribution in [-0.2, 0) is 11.3 Å². The summed E-state index contributed by atoms with van der Waals surface area (Å²) < 4.78 is 21.1. The summed E-state index contributed by atoms with van der Waals surface area (Å²) >= 11 is 0. The van der Waals surface area contributed by atoms with E-state index in [0.29, 0.717) is 62.0 Å². The molecule has 0 saturated carbocycles. The Bertz CT molecular complexity index is 1140. The van der Waals surface area contributed by atoms with Crippen molar-refractivity contribution in [2.45, 2.75) is 19.5 Å². The SMILES string of the molecule is COCCn1c(C)cc(O)c([C@H](c2ccccn2)N2CCN(c3ccccc3F)CC2)c1=O. The van der Waals surface area contributed by atoms with Crippen LogP contribution in [0.15, 0.2) is 59.5 Å². The lowest BCUT2D eigenvalue weighted by atomic mass is 9.99. The number of hydrogen-bond acceptors (Lipinski definition) is 6. The Hall–Kier alpha value is -3.23. The third-order valence-corrected chi connectivity index (χ3v) is 6.16. The van der Waals surface area contributed by atoms with E-state index >= 15 is 0 Å². The molecule has 3 heterocycles. The third-order valence-electron chi connectivity index (χ3n) is 6.16. The zero-order valence-corrected chi connectivity index (χ0v) is 18.9. The molecule has 0 radical (unpaired) electrons. The minimum atomic E-state index is -0.518. The molecule has 0 amide bonds. The van der Waals surface area contributed by atoms with Gasteiger partial charge < -0.3 is 19.3 Å². The molecular weight excluding hydrogens is 423 g/mol. The number of anilines is 1. The lowest BCUT2D eigenvalue weighted by Gasteiger charge is -2.40. The highest BCUT2D eigenvalue weighted by Gasteiger charge is 2.32. The van der Waals surface area contributed by atoms with E-state index in [1.54, 1.807) is 43.0 Å². The molecule has 8 heteroatoms. The van der Waals surface area contributed by atoms with Crippen molar-refractivity contribution in [2.75, 3.05) is 44.8 Å². The first-order chi connectivity index (χ1) is 16.0. The molecule has 2 aromatic heterocycles. The quantitative estimate of drug-likeness (QED) is 0.595. The van der Waals surface area contributed by atoms with E-state index in [1.165, 1.54) is 6.07 Å². The maximum atomic E-state index is 14.3. The van der Waals surface area contributed by atoms with Crippen LogP contribution in [0.4, 0.5) is 10.1 Å². The van der Waals surface area contributed by atoms with Gasteiger partial charge in [-0.15, -0.1) is 0 Å². The number of pyridine rings is 2. The molecule has 0 spiro atoms. The minimum absolute atomic E-state index is 0.0432. The fourth-order valence-electron chi connectivity index (χ4n) is 4.47. The van der Waals surface area contributed by atoms with E-state index in [0.717, 1.165) is 0 Å². The Balaban J connectivity index is 1.70. The summed E-state index contributed by atoms with van der Waals surface area (Å²) in [6.07, 6.45) is 1.69. The maximum Gasteiger partial charge on any atom is 0.259 e. The van der Waals surface area contributed by atoms with Crippen LogP contribution < -0.4 is 10.5 Å². The second-order valence-electron chi connectivity index (χ2n) is 8.17. The maximum absolute atomic E-state index is 14.3. The van der Waals surface area contributed by atoms with Crippen LogP contribution in [0.5, 0.6) is 5.75 Å². The molecule has 7 nitrogen and oxygen atoms in total. The van der Waals surface area contributed by atoms with Crippen molar-refractivity contribution in [3.63, 3.8) is 0 Å². The molecule has 174 valence electrons. The first-order valence-electron chi connectivity index (χ1n) is 11.1. The molecule has 3 aromatic rings. The molecule has 1 aliphatic heterocycles. The molecule has 33 heavy (non-hydrogen) atoms. The average Bonchev–Trinajstić information content (AvgIpc) is 2.83. The van der Waals surface area contributed by atoms with Crippen molar-refractivity contribution in [2.24, 2.45) is 0 Å².